The van der Waals surface area contributed by atoms with Crippen LogP contribution in [0, 0.1) is 0 Å². The Morgan fingerprint density at radius 1 is 2.00 bits per heavy atom. The molecule has 0 aliphatic heterocycles. The lowest BCUT2D eigenvalue weighted by Crippen LogP contribution is -1.97. The topological polar surface area (TPSA) is 26.0 Å². The van der Waals surface area contributed by atoms with E-state index in [0.717, 1.165) is 0 Å². The second kappa shape index (κ2) is 4.25. The summed E-state index contributed by atoms with van der Waals surface area (Å²) in [5, 5.41) is 0. The summed E-state index contributed by atoms with van der Waals surface area (Å²) in [6.07, 6.45) is 0.217. The highest BCUT2D eigenvalue weighted by Crippen LogP contribution is 1.76. The van der Waals surface area contributed by atoms with Crippen molar-refractivity contribution >= 4 is 11.6 Å². The predicted molar refractivity (Wildman–Crippen MR) is 24.4 cm³/mol. The summed E-state index contributed by atoms with van der Waals surface area (Å²) in [5.74, 6) is 0.281. The van der Waals surface area contributed by atoms with Crippen LogP contribution in [0.25, 0.3) is 0 Å². The molecule has 0 spiro atoms. The van der Waals surface area contributed by atoms with E-state index in [-0.39, 0.29) is 12.3 Å². The standard InChI is InChI=1S/C3H8ClN/c4-2-1-3-5/h1-3,5H2/i3D2. The quantitative estimate of drug-likeness (QED) is 0.499. The Morgan fingerprint density at radius 2 is 2.60 bits per heavy atom. The Labute approximate surface area is 39.9 Å². The summed E-state index contributed by atoms with van der Waals surface area (Å²) < 4.78 is 13.4. The number of rotatable bonds is 2. The molecule has 0 aromatic rings. The van der Waals surface area contributed by atoms with E-state index in [0.29, 0.717) is 0 Å². The van der Waals surface area contributed by atoms with E-state index in [2.05, 4.69) is 0 Å². The van der Waals surface area contributed by atoms with Crippen LogP contribution in [0.3, 0.4) is 0 Å². The molecule has 2 N–H and O–H groups in total. The van der Waals surface area contributed by atoms with Crippen LogP contribution in [0.15, 0.2) is 0 Å². The van der Waals surface area contributed by atoms with Gasteiger partial charge in [-0.2, -0.15) is 0 Å². The third-order valence-electron chi connectivity index (χ3n) is 0.239. The number of halogens is 1. The minimum absolute atomic E-state index is 0.217. The normalized spacial score (nSPS) is 17.2. The molecule has 5 heavy (non-hydrogen) atoms. The van der Waals surface area contributed by atoms with Gasteiger partial charge >= 0.3 is 0 Å². The van der Waals surface area contributed by atoms with E-state index in [1.165, 1.54) is 0 Å². The number of alkyl halides is 1. The molecular formula is C3H8ClN. The summed E-state index contributed by atoms with van der Waals surface area (Å²) in [6, 6.07) is 0. The molecule has 0 fully saturated rings. The molecule has 0 amide bonds. The fraction of sp³-hybridized carbons (Fsp3) is 1.00. The zero-order valence-electron chi connectivity index (χ0n) is 4.87. The van der Waals surface area contributed by atoms with Crippen molar-refractivity contribution in [2.75, 3.05) is 12.4 Å². The summed E-state index contributed by atoms with van der Waals surface area (Å²) in [7, 11) is 0. The zero-order valence-corrected chi connectivity index (χ0v) is 3.63. The highest BCUT2D eigenvalue weighted by Gasteiger charge is 1.70. The summed E-state index contributed by atoms with van der Waals surface area (Å²) in [5.41, 5.74) is 4.89. The Kier molecular flexibility index (Phi) is 2.06. The molecule has 0 aromatic carbocycles. The fourth-order valence-electron chi connectivity index (χ4n) is 0.0546. The van der Waals surface area contributed by atoms with Crippen LogP contribution in [-0.2, 0) is 0 Å². The SMILES string of the molecule is [2H]C([2H])(N)CCCl. The molecule has 0 saturated heterocycles. The van der Waals surface area contributed by atoms with E-state index in [1.807, 2.05) is 0 Å². The van der Waals surface area contributed by atoms with Crippen molar-refractivity contribution in [1.82, 2.24) is 0 Å². The molecule has 0 atom stereocenters. The maximum absolute atomic E-state index is 6.69. The average Bonchev–Trinajstić information content (AvgIpc) is 1.30. The maximum Gasteiger partial charge on any atom is 0.0426 e. The van der Waals surface area contributed by atoms with Gasteiger partial charge in [-0.1, -0.05) is 0 Å². The minimum atomic E-state index is -1.58. The number of hydrogen-bond donors (Lipinski definition) is 1. The summed E-state index contributed by atoms with van der Waals surface area (Å²) >= 11 is 5.17. The monoisotopic (exact) mass is 95.0 g/mol. The smallest absolute Gasteiger partial charge is 0.0426 e. The summed E-state index contributed by atoms with van der Waals surface area (Å²) in [6.45, 7) is -1.58. The van der Waals surface area contributed by atoms with E-state index in [9.17, 15) is 0 Å². The third kappa shape index (κ3) is 4.25. The van der Waals surface area contributed by atoms with Gasteiger partial charge in [-0.05, 0) is 12.9 Å². The van der Waals surface area contributed by atoms with Crippen LogP contribution in [-0.4, -0.2) is 12.4 Å². The van der Waals surface area contributed by atoms with Gasteiger partial charge in [-0.25, -0.2) is 0 Å². The lowest BCUT2D eigenvalue weighted by molar-refractivity contribution is 0.939. The van der Waals surface area contributed by atoms with Crippen molar-refractivity contribution in [3.05, 3.63) is 0 Å². The molecule has 0 saturated carbocycles. The first-order valence-electron chi connectivity index (χ1n) is 2.41. The van der Waals surface area contributed by atoms with Crippen molar-refractivity contribution in [3.8, 4) is 0 Å². The highest BCUT2D eigenvalue weighted by atomic mass is 35.5. The van der Waals surface area contributed by atoms with Crippen molar-refractivity contribution in [2.24, 2.45) is 5.73 Å². The zero-order chi connectivity index (χ0) is 5.91. The largest absolute Gasteiger partial charge is 0.330 e. The first-order chi connectivity index (χ1) is 3.06. The third-order valence-corrected chi connectivity index (χ3v) is 0.428. The molecule has 0 aliphatic carbocycles. The molecule has 0 rings (SSSR count). The van der Waals surface area contributed by atoms with Crippen LogP contribution >= 0.6 is 11.6 Å². The van der Waals surface area contributed by atoms with Gasteiger partial charge in [0.1, 0.15) is 0 Å². The van der Waals surface area contributed by atoms with Crippen LogP contribution in [0.2, 0.25) is 0 Å². The van der Waals surface area contributed by atoms with Crippen LogP contribution in [0.4, 0.5) is 0 Å². The first kappa shape index (κ1) is 2.43. The molecule has 0 unspecified atom stereocenters. The van der Waals surface area contributed by atoms with Gasteiger partial charge in [0.2, 0.25) is 0 Å². The second-order valence-electron chi connectivity index (χ2n) is 0.643. The Bertz CT molecular complexity index is 51.4. The second-order valence-corrected chi connectivity index (χ2v) is 1.02. The highest BCUT2D eigenvalue weighted by molar-refractivity contribution is 6.17. The average molecular weight is 95.6 g/mol. The predicted octanol–water partition coefficient (Wildman–Crippen LogP) is 0.574. The van der Waals surface area contributed by atoms with Crippen LogP contribution in [0.5, 0.6) is 0 Å². The van der Waals surface area contributed by atoms with E-state index in [4.69, 9.17) is 20.1 Å². The molecule has 32 valence electrons. The van der Waals surface area contributed by atoms with Gasteiger partial charge in [0.25, 0.3) is 0 Å². The van der Waals surface area contributed by atoms with Gasteiger partial charge in [0.15, 0.2) is 0 Å². The van der Waals surface area contributed by atoms with E-state index >= 15 is 0 Å². The Hall–Kier alpha value is 0.250. The van der Waals surface area contributed by atoms with Crippen molar-refractivity contribution < 1.29 is 2.74 Å². The number of hydrogen-bond acceptors (Lipinski definition) is 1. The van der Waals surface area contributed by atoms with Crippen LogP contribution < -0.4 is 5.73 Å². The molecule has 0 radical (unpaired) electrons. The molecular weight excluding hydrogens is 85.5 g/mol. The Morgan fingerprint density at radius 3 is 2.60 bits per heavy atom. The number of nitrogens with two attached hydrogens (primary N) is 1. The van der Waals surface area contributed by atoms with Crippen molar-refractivity contribution in [1.29, 1.82) is 0 Å². The van der Waals surface area contributed by atoms with Gasteiger partial charge < -0.3 is 5.73 Å². The molecule has 2 heteroatoms. The summed E-state index contributed by atoms with van der Waals surface area (Å²) in [4.78, 5) is 0. The molecule has 0 heterocycles. The lowest BCUT2D eigenvalue weighted by Gasteiger charge is -1.78. The molecule has 1 nitrogen and oxygen atoms in total. The minimum Gasteiger partial charge on any atom is -0.330 e. The molecule has 0 aliphatic rings. The van der Waals surface area contributed by atoms with Crippen LogP contribution in [0.1, 0.15) is 9.16 Å². The Balaban J connectivity index is 3.15. The van der Waals surface area contributed by atoms with E-state index < -0.39 is 6.50 Å². The maximum atomic E-state index is 6.69. The lowest BCUT2D eigenvalue weighted by atomic mass is 10.5. The molecule has 0 aromatic heterocycles. The van der Waals surface area contributed by atoms with Gasteiger partial charge in [0, 0.05) is 8.62 Å². The fourth-order valence-corrected chi connectivity index (χ4v) is 0.164. The van der Waals surface area contributed by atoms with E-state index in [1.54, 1.807) is 0 Å². The van der Waals surface area contributed by atoms with Gasteiger partial charge in [-0.15, -0.1) is 11.6 Å². The molecule has 0 bridgehead atoms. The van der Waals surface area contributed by atoms with Crippen molar-refractivity contribution in [3.63, 3.8) is 0 Å². The van der Waals surface area contributed by atoms with Crippen molar-refractivity contribution in [2.45, 2.75) is 6.42 Å². The van der Waals surface area contributed by atoms with Gasteiger partial charge in [-0.3, -0.25) is 0 Å². The first-order valence-corrected chi connectivity index (χ1v) is 1.94. The van der Waals surface area contributed by atoms with Gasteiger partial charge in [0.05, 0.1) is 0 Å².